The summed E-state index contributed by atoms with van der Waals surface area (Å²) in [7, 11) is 3.51. The van der Waals surface area contributed by atoms with Crippen LogP contribution in [0, 0.1) is 0 Å². The van der Waals surface area contributed by atoms with Crippen molar-refractivity contribution in [1.29, 1.82) is 0 Å². The van der Waals surface area contributed by atoms with Crippen molar-refractivity contribution in [3.63, 3.8) is 0 Å². The Morgan fingerprint density at radius 3 is 2.53 bits per heavy atom. The molecule has 0 aliphatic carbocycles. The van der Waals surface area contributed by atoms with E-state index in [0.717, 1.165) is 26.1 Å². The van der Waals surface area contributed by atoms with E-state index < -0.39 is 0 Å². The lowest BCUT2D eigenvalue weighted by molar-refractivity contribution is -0.131. The monoisotopic (exact) mass is 271 g/mol. The first-order valence-electron chi connectivity index (χ1n) is 6.85. The molecule has 0 bridgehead atoms. The zero-order valence-electron chi connectivity index (χ0n) is 12.0. The first-order chi connectivity index (χ1) is 9.04. The van der Waals surface area contributed by atoms with Crippen molar-refractivity contribution < 1.29 is 14.7 Å². The third kappa shape index (κ3) is 5.57. The minimum Gasteiger partial charge on any atom is -0.396 e. The van der Waals surface area contributed by atoms with Gasteiger partial charge in [0.2, 0.25) is 11.8 Å². The second kappa shape index (κ2) is 8.12. The van der Waals surface area contributed by atoms with Gasteiger partial charge in [-0.15, -0.1) is 0 Å². The predicted octanol–water partition coefficient (Wildman–Crippen LogP) is -0.619. The van der Waals surface area contributed by atoms with Crippen molar-refractivity contribution in [2.75, 3.05) is 53.4 Å². The number of likely N-dealkylation sites (N-methyl/N-ethyl adjacent to an activating group) is 1. The van der Waals surface area contributed by atoms with E-state index >= 15 is 0 Å². The van der Waals surface area contributed by atoms with Crippen LogP contribution in [0.1, 0.15) is 19.3 Å². The van der Waals surface area contributed by atoms with E-state index in [1.165, 1.54) is 0 Å². The van der Waals surface area contributed by atoms with Gasteiger partial charge in [0.1, 0.15) is 0 Å². The van der Waals surface area contributed by atoms with Crippen molar-refractivity contribution in [3.8, 4) is 0 Å². The summed E-state index contributed by atoms with van der Waals surface area (Å²) < 4.78 is 0. The van der Waals surface area contributed by atoms with Gasteiger partial charge in [-0.05, 0) is 12.8 Å². The van der Waals surface area contributed by atoms with Crippen LogP contribution in [-0.2, 0) is 9.59 Å². The van der Waals surface area contributed by atoms with Crippen LogP contribution >= 0.6 is 0 Å². The van der Waals surface area contributed by atoms with Crippen LogP contribution in [0.5, 0.6) is 0 Å². The molecule has 0 radical (unpaired) electrons. The maximum atomic E-state index is 11.9. The second-order valence-corrected chi connectivity index (χ2v) is 5.13. The molecule has 1 heterocycles. The zero-order valence-corrected chi connectivity index (χ0v) is 12.0. The molecule has 1 rings (SSSR count). The molecule has 6 nitrogen and oxygen atoms in total. The number of hydrogen-bond donors (Lipinski definition) is 1. The smallest absolute Gasteiger partial charge is 0.236 e. The quantitative estimate of drug-likeness (QED) is 0.724. The van der Waals surface area contributed by atoms with E-state index in [-0.39, 0.29) is 18.4 Å². The topological polar surface area (TPSA) is 64.1 Å². The lowest BCUT2D eigenvalue weighted by Crippen LogP contribution is -2.39. The minimum absolute atomic E-state index is 0.0586. The summed E-state index contributed by atoms with van der Waals surface area (Å²) >= 11 is 0. The van der Waals surface area contributed by atoms with E-state index in [0.29, 0.717) is 25.9 Å². The summed E-state index contributed by atoms with van der Waals surface area (Å²) in [5.74, 6) is 0.204. The number of carbonyl (C=O) groups is 2. The van der Waals surface area contributed by atoms with Crippen molar-refractivity contribution in [3.05, 3.63) is 0 Å². The van der Waals surface area contributed by atoms with E-state index in [2.05, 4.69) is 4.90 Å². The number of hydrogen-bond acceptors (Lipinski definition) is 4. The molecule has 0 saturated carbocycles. The molecule has 110 valence electrons. The van der Waals surface area contributed by atoms with Crippen LogP contribution in [0.2, 0.25) is 0 Å². The Bertz CT molecular complexity index is 308. The fourth-order valence-corrected chi connectivity index (χ4v) is 2.10. The highest BCUT2D eigenvalue weighted by Gasteiger charge is 2.20. The lowest BCUT2D eigenvalue weighted by Gasteiger charge is -2.22. The Kier molecular flexibility index (Phi) is 6.80. The summed E-state index contributed by atoms with van der Waals surface area (Å²) in [6.07, 6.45) is 1.83. The molecule has 1 N–H and O–H groups in total. The van der Waals surface area contributed by atoms with Gasteiger partial charge in [0, 0.05) is 53.3 Å². The van der Waals surface area contributed by atoms with E-state index in [9.17, 15) is 9.59 Å². The Morgan fingerprint density at radius 1 is 1.16 bits per heavy atom. The Hall–Kier alpha value is -1.14. The third-order valence-electron chi connectivity index (χ3n) is 3.35. The van der Waals surface area contributed by atoms with Crippen molar-refractivity contribution >= 4 is 11.8 Å². The van der Waals surface area contributed by atoms with Crippen molar-refractivity contribution in [2.45, 2.75) is 19.3 Å². The zero-order chi connectivity index (χ0) is 14.3. The number of nitrogens with zero attached hydrogens (tertiary/aromatic N) is 3. The minimum atomic E-state index is 0.0586. The summed E-state index contributed by atoms with van der Waals surface area (Å²) in [4.78, 5) is 29.1. The molecule has 0 aromatic heterocycles. The molecule has 0 aromatic rings. The van der Waals surface area contributed by atoms with E-state index in [1.807, 2.05) is 4.90 Å². The molecule has 2 amide bonds. The van der Waals surface area contributed by atoms with Gasteiger partial charge in [0.25, 0.3) is 0 Å². The highest BCUT2D eigenvalue weighted by atomic mass is 16.3. The number of rotatable bonds is 5. The van der Waals surface area contributed by atoms with Crippen LogP contribution in [0.4, 0.5) is 0 Å². The van der Waals surface area contributed by atoms with Gasteiger partial charge >= 0.3 is 0 Å². The Labute approximate surface area is 115 Å². The molecule has 1 fully saturated rings. The van der Waals surface area contributed by atoms with Gasteiger partial charge < -0.3 is 14.9 Å². The number of aliphatic hydroxyl groups excluding tert-OH is 1. The van der Waals surface area contributed by atoms with E-state index in [4.69, 9.17) is 5.11 Å². The molecule has 0 aromatic carbocycles. The standard InChI is InChI=1S/C13H25N3O3/c1-14(2)13(19)11-15-6-4-7-16(9-8-15)12(18)5-3-10-17/h17H,3-11H2,1-2H3. The predicted molar refractivity (Wildman–Crippen MR) is 72.7 cm³/mol. The van der Waals surface area contributed by atoms with Crippen molar-refractivity contribution in [2.24, 2.45) is 0 Å². The average molecular weight is 271 g/mol. The number of aliphatic hydroxyl groups is 1. The van der Waals surface area contributed by atoms with Crippen LogP contribution in [0.15, 0.2) is 0 Å². The van der Waals surface area contributed by atoms with Crippen LogP contribution in [0.3, 0.4) is 0 Å². The third-order valence-corrected chi connectivity index (χ3v) is 3.35. The summed E-state index contributed by atoms with van der Waals surface area (Å²) in [5, 5.41) is 8.74. The maximum absolute atomic E-state index is 11.9. The number of carbonyl (C=O) groups excluding carboxylic acids is 2. The highest BCUT2D eigenvalue weighted by Crippen LogP contribution is 2.06. The molecule has 6 heteroatoms. The Balaban J connectivity index is 2.38. The van der Waals surface area contributed by atoms with Crippen molar-refractivity contribution in [1.82, 2.24) is 14.7 Å². The van der Waals surface area contributed by atoms with Gasteiger partial charge in [-0.25, -0.2) is 0 Å². The highest BCUT2D eigenvalue weighted by molar-refractivity contribution is 5.78. The molecule has 0 atom stereocenters. The first-order valence-corrected chi connectivity index (χ1v) is 6.85. The normalized spacial score (nSPS) is 17.1. The maximum Gasteiger partial charge on any atom is 0.236 e. The summed E-state index contributed by atoms with van der Waals surface area (Å²) in [6.45, 7) is 3.49. The van der Waals surface area contributed by atoms with Gasteiger partial charge in [0.15, 0.2) is 0 Å². The molecule has 0 unspecified atom stereocenters. The molecule has 1 saturated heterocycles. The van der Waals surface area contributed by atoms with Crippen LogP contribution in [-0.4, -0.2) is 85.0 Å². The molecule has 0 spiro atoms. The SMILES string of the molecule is CN(C)C(=O)CN1CCCN(C(=O)CCCO)CC1. The molecule has 1 aliphatic rings. The number of amides is 2. The van der Waals surface area contributed by atoms with Gasteiger partial charge in [-0.3, -0.25) is 14.5 Å². The lowest BCUT2D eigenvalue weighted by atomic mass is 10.2. The van der Waals surface area contributed by atoms with Crippen LogP contribution < -0.4 is 0 Å². The van der Waals surface area contributed by atoms with E-state index in [1.54, 1.807) is 19.0 Å². The first kappa shape index (κ1) is 15.9. The largest absolute Gasteiger partial charge is 0.396 e. The molecular weight excluding hydrogens is 246 g/mol. The molecule has 19 heavy (non-hydrogen) atoms. The van der Waals surface area contributed by atoms with Gasteiger partial charge in [0.05, 0.1) is 6.54 Å². The fourth-order valence-electron chi connectivity index (χ4n) is 2.10. The molecular formula is C13H25N3O3. The average Bonchev–Trinajstić information content (AvgIpc) is 2.61. The van der Waals surface area contributed by atoms with Crippen LogP contribution in [0.25, 0.3) is 0 Å². The Morgan fingerprint density at radius 2 is 1.89 bits per heavy atom. The van der Waals surface area contributed by atoms with Gasteiger partial charge in [-0.2, -0.15) is 0 Å². The fraction of sp³-hybridized carbons (Fsp3) is 0.846. The second-order valence-electron chi connectivity index (χ2n) is 5.13. The summed E-state index contributed by atoms with van der Waals surface area (Å²) in [6, 6.07) is 0. The molecule has 1 aliphatic heterocycles. The summed E-state index contributed by atoms with van der Waals surface area (Å²) in [5.41, 5.74) is 0. The van der Waals surface area contributed by atoms with Gasteiger partial charge in [-0.1, -0.05) is 0 Å².